The van der Waals surface area contributed by atoms with Crippen LogP contribution in [0.5, 0.6) is 0 Å². The number of nitrogens with one attached hydrogen (secondary N) is 1. The van der Waals surface area contributed by atoms with Crippen LogP contribution in [0.4, 0.5) is 0 Å². The van der Waals surface area contributed by atoms with Crippen LogP contribution in [0, 0.1) is 0 Å². The van der Waals surface area contributed by atoms with E-state index >= 15 is 0 Å². The standard InChI is InChI=1S/C21H37NOSi/c1-16(2)24(17(3)4,18(5)6)23-15-20-13-10-14-21(22-20)19-11-8-7-9-12-19/h7-9,11-12,16-18,20-22H,10,13-15H2,1-6H3/t20-,21-/m0/s1. The second kappa shape index (κ2) is 8.64. The van der Waals surface area contributed by atoms with E-state index in [0.29, 0.717) is 28.7 Å². The highest BCUT2D eigenvalue weighted by Crippen LogP contribution is 2.42. The zero-order valence-corrected chi connectivity index (χ0v) is 17.5. The van der Waals surface area contributed by atoms with Gasteiger partial charge in [0.2, 0.25) is 0 Å². The third kappa shape index (κ3) is 4.30. The molecular weight excluding hydrogens is 310 g/mol. The fourth-order valence-corrected chi connectivity index (χ4v) is 10.3. The van der Waals surface area contributed by atoms with Gasteiger partial charge in [0, 0.05) is 18.7 Å². The Hall–Kier alpha value is -0.643. The van der Waals surface area contributed by atoms with Gasteiger partial charge in [-0.1, -0.05) is 71.9 Å². The zero-order chi connectivity index (χ0) is 17.7. The van der Waals surface area contributed by atoms with E-state index in [0.717, 1.165) is 6.61 Å². The van der Waals surface area contributed by atoms with Crippen molar-refractivity contribution in [1.29, 1.82) is 0 Å². The van der Waals surface area contributed by atoms with E-state index in [1.165, 1.54) is 24.8 Å². The number of rotatable bonds is 7. The van der Waals surface area contributed by atoms with Gasteiger partial charge in [-0.25, -0.2) is 0 Å². The van der Waals surface area contributed by atoms with Crippen molar-refractivity contribution < 1.29 is 4.43 Å². The Labute approximate surface area is 150 Å². The summed E-state index contributed by atoms with van der Waals surface area (Å²) >= 11 is 0. The molecule has 0 spiro atoms. The average molecular weight is 348 g/mol. The van der Waals surface area contributed by atoms with Crippen LogP contribution in [-0.4, -0.2) is 21.0 Å². The van der Waals surface area contributed by atoms with E-state index in [1.807, 2.05) is 0 Å². The number of benzene rings is 1. The molecule has 136 valence electrons. The molecule has 1 fully saturated rings. The van der Waals surface area contributed by atoms with E-state index in [-0.39, 0.29) is 0 Å². The molecule has 1 aliphatic rings. The summed E-state index contributed by atoms with van der Waals surface area (Å²) in [6, 6.07) is 11.9. The molecule has 1 aliphatic heterocycles. The Balaban J connectivity index is 2.02. The Morgan fingerprint density at radius 2 is 1.54 bits per heavy atom. The second-order valence-corrected chi connectivity index (χ2v) is 13.8. The molecule has 0 amide bonds. The highest BCUT2D eigenvalue weighted by atomic mass is 28.4. The van der Waals surface area contributed by atoms with Crippen molar-refractivity contribution in [3.05, 3.63) is 35.9 Å². The van der Waals surface area contributed by atoms with Crippen LogP contribution in [0.1, 0.15) is 72.4 Å². The third-order valence-electron chi connectivity index (χ3n) is 5.93. The molecule has 1 aromatic carbocycles. The van der Waals surface area contributed by atoms with Crippen LogP contribution >= 0.6 is 0 Å². The van der Waals surface area contributed by atoms with Gasteiger partial charge in [0.15, 0.2) is 8.32 Å². The summed E-state index contributed by atoms with van der Waals surface area (Å²) in [5.74, 6) is 0. The van der Waals surface area contributed by atoms with Crippen LogP contribution in [0.2, 0.25) is 16.6 Å². The fourth-order valence-electron chi connectivity index (χ4n) is 4.84. The van der Waals surface area contributed by atoms with E-state index in [9.17, 15) is 0 Å². The molecule has 0 aliphatic carbocycles. The Morgan fingerprint density at radius 1 is 0.958 bits per heavy atom. The molecule has 0 aromatic heterocycles. The normalized spacial score (nSPS) is 22.5. The van der Waals surface area contributed by atoms with Crippen LogP contribution in [0.15, 0.2) is 30.3 Å². The van der Waals surface area contributed by atoms with Gasteiger partial charge in [-0.2, -0.15) is 0 Å². The fraction of sp³-hybridized carbons (Fsp3) is 0.714. The quantitative estimate of drug-likeness (QED) is 0.605. The van der Waals surface area contributed by atoms with Crippen LogP contribution in [-0.2, 0) is 4.43 Å². The molecule has 1 saturated heterocycles. The van der Waals surface area contributed by atoms with Gasteiger partial charge < -0.3 is 9.74 Å². The van der Waals surface area contributed by atoms with Crippen molar-refractivity contribution >= 4 is 8.32 Å². The maximum atomic E-state index is 6.81. The summed E-state index contributed by atoms with van der Waals surface area (Å²) in [6.07, 6.45) is 3.77. The molecule has 0 radical (unpaired) electrons. The maximum absolute atomic E-state index is 6.81. The summed E-state index contributed by atoms with van der Waals surface area (Å²) in [5, 5.41) is 3.86. The molecule has 0 saturated carbocycles. The molecule has 1 aromatic rings. The van der Waals surface area contributed by atoms with Crippen molar-refractivity contribution in [2.45, 2.75) is 89.5 Å². The SMILES string of the molecule is CC(C)[Si](OC[C@@H]1CCC[C@@H](c2ccccc2)N1)(C(C)C)C(C)C. The van der Waals surface area contributed by atoms with E-state index in [2.05, 4.69) is 77.2 Å². The molecule has 3 heteroatoms. The summed E-state index contributed by atoms with van der Waals surface area (Å²) in [6.45, 7) is 15.1. The number of hydrogen-bond acceptors (Lipinski definition) is 2. The first-order chi connectivity index (χ1) is 11.4. The molecule has 1 N–H and O–H groups in total. The van der Waals surface area contributed by atoms with Crippen molar-refractivity contribution in [3.63, 3.8) is 0 Å². The molecule has 2 nitrogen and oxygen atoms in total. The summed E-state index contributed by atoms with van der Waals surface area (Å²) in [7, 11) is -1.75. The number of piperidine rings is 1. The van der Waals surface area contributed by atoms with Gasteiger partial charge in [0.1, 0.15) is 0 Å². The Kier molecular flexibility index (Phi) is 7.08. The van der Waals surface area contributed by atoms with Crippen molar-refractivity contribution in [2.75, 3.05) is 6.61 Å². The predicted octanol–water partition coefficient (Wildman–Crippen LogP) is 6.06. The lowest BCUT2D eigenvalue weighted by Crippen LogP contribution is -2.51. The third-order valence-corrected chi connectivity index (χ3v) is 12.0. The highest BCUT2D eigenvalue weighted by molar-refractivity contribution is 6.77. The lowest BCUT2D eigenvalue weighted by atomic mass is 9.94. The first kappa shape index (κ1) is 19.7. The smallest absolute Gasteiger partial charge is 0.200 e. The topological polar surface area (TPSA) is 21.3 Å². The molecule has 0 bridgehead atoms. The first-order valence-corrected chi connectivity index (χ1v) is 12.0. The second-order valence-electron chi connectivity index (χ2n) is 8.39. The molecule has 24 heavy (non-hydrogen) atoms. The van der Waals surface area contributed by atoms with Gasteiger partial charge >= 0.3 is 0 Å². The minimum Gasteiger partial charge on any atom is -0.414 e. The van der Waals surface area contributed by atoms with Crippen molar-refractivity contribution in [1.82, 2.24) is 5.32 Å². The molecule has 0 unspecified atom stereocenters. The maximum Gasteiger partial charge on any atom is 0.200 e. The van der Waals surface area contributed by atoms with E-state index < -0.39 is 8.32 Å². The summed E-state index contributed by atoms with van der Waals surface area (Å²) in [4.78, 5) is 0. The minimum absolute atomic E-state index is 0.488. The lowest BCUT2D eigenvalue weighted by molar-refractivity contribution is 0.195. The van der Waals surface area contributed by atoms with Crippen LogP contribution in [0.3, 0.4) is 0 Å². The predicted molar refractivity (Wildman–Crippen MR) is 107 cm³/mol. The molecule has 2 atom stereocenters. The highest BCUT2D eigenvalue weighted by Gasteiger charge is 2.45. The van der Waals surface area contributed by atoms with Crippen molar-refractivity contribution in [2.24, 2.45) is 0 Å². The van der Waals surface area contributed by atoms with E-state index in [4.69, 9.17) is 4.43 Å². The minimum atomic E-state index is -1.75. The summed E-state index contributed by atoms with van der Waals surface area (Å²) < 4.78 is 6.81. The van der Waals surface area contributed by atoms with Crippen LogP contribution < -0.4 is 5.32 Å². The zero-order valence-electron chi connectivity index (χ0n) is 16.5. The van der Waals surface area contributed by atoms with E-state index in [1.54, 1.807) is 0 Å². The van der Waals surface area contributed by atoms with Crippen LogP contribution in [0.25, 0.3) is 0 Å². The largest absolute Gasteiger partial charge is 0.414 e. The van der Waals surface area contributed by atoms with Crippen molar-refractivity contribution in [3.8, 4) is 0 Å². The number of hydrogen-bond donors (Lipinski definition) is 1. The Bertz CT molecular complexity index is 464. The lowest BCUT2D eigenvalue weighted by Gasteiger charge is -2.44. The van der Waals surface area contributed by atoms with Gasteiger partial charge in [0.25, 0.3) is 0 Å². The molecular formula is C21H37NOSi. The summed E-state index contributed by atoms with van der Waals surface area (Å²) in [5.41, 5.74) is 3.39. The van der Waals surface area contributed by atoms with Gasteiger partial charge in [-0.15, -0.1) is 0 Å². The molecule has 1 heterocycles. The Morgan fingerprint density at radius 3 is 2.08 bits per heavy atom. The average Bonchev–Trinajstić information content (AvgIpc) is 2.55. The monoisotopic (exact) mass is 347 g/mol. The first-order valence-electron chi connectivity index (χ1n) is 9.82. The van der Waals surface area contributed by atoms with Gasteiger partial charge in [-0.3, -0.25) is 0 Å². The van der Waals surface area contributed by atoms with Gasteiger partial charge in [0.05, 0.1) is 0 Å². The molecule has 2 rings (SSSR count). The van der Waals surface area contributed by atoms with Gasteiger partial charge in [-0.05, 0) is 41.4 Å².